The summed E-state index contributed by atoms with van der Waals surface area (Å²) in [5.41, 5.74) is 2.02. The average Bonchev–Trinajstić information content (AvgIpc) is 2.68. The molecule has 30 heavy (non-hydrogen) atoms. The number of nitrogens with zero attached hydrogens (tertiary/aromatic N) is 1. The zero-order valence-corrected chi connectivity index (χ0v) is 19.5. The third-order valence-corrected chi connectivity index (χ3v) is 8.68. The van der Waals surface area contributed by atoms with Gasteiger partial charge >= 0.3 is 0 Å². The van der Waals surface area contributed by atoms with Crippen molar-refractivity contribution < 1.29 is 13.2 Å². The summed E-state index contributed by atoms with van der Waals surface area (Å²) in [6.07, 6.45) is 8.60. The molecule has 1 aromatic carbocycles. The Labute approximate surface area is 182 Å². The fraction of sp³-hybridized carbons (Fsp3) is 0.625. The van der Waals surface area contributed by atoms with E-state index in [0.29, 0.717) is 34.9 Å². The van der Waals surface area contributed by atoms with Crippen LogP contribution in [0, 0.1) is 17.8 Å². The van der Waals surface area contributed by atoms with E-state index in [0.717, 1.165) is 32.1 Å². The smallest absolute Gasteiger partial charge is 0.243 e. The number of hydrogen-bond acceptors (Lipinski definition) is 3. The molecule has 1 fully saturated rings. The summed E-state index contributed by atoms with van der Waals surface area (Å²) in [5, 5.41) is 2.70. The zero-order chi connectivity index (χ0) is 21.9. The highest BCUT2D eigenvalue weighted by Crippen LogP contribution is 2.37. The van der Waals surface area contributed by atoms with Gasteiger partial charge in [-0.3, -0.25) is 4.79 Å². The standard InChI is InChI=1S/C24H36N2O3S/c1-17-14-18(2)24(19(3)15-17)16-26(22-8-6-5-7-9-22)30(28,29)23-12-10-21(11-13-23)25-20(4)27/h10-14,18-19,22,24H,5-9,15-16H2,1-4H3,(H,25,27)/t18-,19+,24-/m1/s1. The minimum absolute atomic E-state index is 0.0742. The van der Waals surface area contributed by atoms with E-state index < -0.39 is 10.0 Å². The van der Waals surface area contributed by atoms with Crippen molar-refractivity contribution >= 4 is 21.6 Å². The van der Waals surface area contributed by atoms with Gasteiger partial charge in [0.2, 0.25) is 15.9 Å². The van der Waals surface area contributed by atoms with E-state index in [1.165, 1.54) is 18.9 Å². The molecule has 0 saturated heterocycles. The van der Waals surface area contributed by atoms with Gasteiger partial charge in [0, 0.05) is 25.2 Å². The quantitative estimate of drug-likeness (QED) is 0.628. The second-order valence-electron chi connectivity index (χ2n) is 9.29. The van der Waals surface area contributed by atoms with Crippen LogP contribution in [0.25, 0.3) is 0 Å². The van der Waals surface area contributed by atoms with E-state index in [1.54, 1.807) is 24.3 Å². The molecule has 5 nitrogen and oxygen atoms in total. The first-order valence-electron chi connectivity index (χ1n) is 11.2. The molecule has 0 radical (unpaired) electrons. The lowest BCUT2D eigenvalue weighted by atomic mass is 9.75. The number of benzene rings is 1. The van der Waals surface area contributed by atoms with Gasteiger partial charge in [0.15, 0.2) is 0 Å². The Balaban J connectivity index is 1.90. The summed E-state index contributed by atoms with van der Waals surface area (Å²) in [6.45, 7) is 8.67. The van der Waals surface area contributed by atoms with Gasteiger partial charge in [-0.25, -0.2) is 8.42 Å². The summed E-state index contributed by atoms with van der Waals surface area (Å²) in [6, 6.07) is 6.66. The average molecular weight is 433 g/mol. The highest BCUT2D eigenvalue weighted by molar-refractivity contribution is 7.89. The first-order valence-corrected chi connectivity index (χ1v) is 12.7. The van der Waals surface area contributed by atoms with Gasteiger partial charge in [0.25, 0.3) is 0 Å². The second-order valence-corrected chi connectivity index (χ2v) is 11.2. The molecule has 1 N–H and O–H groups in total. The Kier molecular flexibility index (Phi) is 7.40. The minimum Gasteiger partial charge on any atom is -0.326 e. The van der Waals surface area contributed by atoms with Crippen molar-refractivity contribution in [2.24, 2.45) is 17.8 Å². The van der Waals surface area contributed by atoms with Crippen LogP contribution in [0.15, 0.2) is 40.8 Å². The molecule has 1 amide bonds. The van der Waals surface area contributed by atoms with E-state index >= 15 is 0 Å². The number of carbonyl (C=O) groups excluding carboxylic acids is 1. The van der Waals surface area contributed by atoms with E-state index in [9.17, 15) is 13.2 Å². The highest BCUT2D eigenvalue weighted by atomic mass is 32.2. The Bertz CT molecular complexity index is 870. The number of sulfonamides is 1. The molecule has 0 heterocycles. The summed E-state index contributed by atoms with van der Waals surface area (Å²) in [5.74, 6) is 0.993. The molecule has 166 valence electrons. The van der Waals surface area contributed by atoms with Crippen molar-refractivity contribution in [2.45, 2.75) is 77.2 Å². The third kappa shape index (κ3) is 5.33. The van der Waals surface area contributed by atoms with Gasteiger partial charge in [0.05, 0.1) is 4.90 Å². The molecule has 1 saturated carbocycles. The van der Waals surface area contributed by atoms with Crippen LogP contribution in [0.4, 0.5) is 5.69 Å². The lowest BCUT2D eigenvalue weighted by molar-refractivity contribution is -0.114. The van der Waals surface area contributed by atoms with Gasteiger partial charge in [-0.1, -0.05) is 44.8 Å². The predicted molar refractivity (Wildman–Crippen MR) is 122 cm³/mol. The maximum absolute atomic E-state index is 13.7. The highest BCUT2D eigenvalue weighted by Gasteiger charge is 2.37. The van der Waals surface area contributed by atoms with Crippen LogP contribution in [0.5, 0.6) is 0 Å². The molecule has 2 aliphatic rings. The van der Waals surface area contributed by atoms with E-state index in [2.05, 4.69) is 32.2 Å². The van der Waals surface area contributed by atoms with Gasteiger partial charge in [0.1, 0.15) is 0 Å². The Hall–Kier alpha value is -1.66. The van der Waals surface area contributed by atoms with Gasteiger partial charge < -0.3 is 5.32 Å². The van der Waals surface area contributed by atoms with Crippen LogP contribution in [0.1, 0.15) is 66.2 Å². The monoisotopic (exact) mass is 432 g/mol. The van der Waals surface area contributed by atoms with Gasteiger partial charge in [-0.15, -0.1) is 0 Å². The molecule has 3 rings (SSSR count). The number of carbonyl (C=O) groups is 1. The minimum atomic E-state index is -3.61. The van der Waals surface area contributed by atoms with Crippen LogP contribution in [-0.2, 0) is 14.8 Å². The molecule has 3 atom stereocenters. The van der Waals surface area contributed by atoms with Gasteiger partial charge in [-0.05, 0) is 68.2 Å². The molecule has 1 aromatic rings. The lowest BCUT2D eigenvalue weighted by Crippen LogP contribution is -2.46. The molecule has 6 heteroatoms. The zero-order valence-electron chi connectivity index (χ0n) is 18.7. The molecule has 0 aliphatic heterocycles. The van der Waals surface area contributed by atoms with Crippen molar-refractivity contribution in [1.29, 1.82) is 0 Å². The second kappa shape index (κ2) is 9.65. The van der Waals surface area contributed by atoms with Gasteiger partial charge in [-0.2, -0.15) is 4.31 Å². The van der Waals surface area contributed by atoms with E-state index in [-0.39, 0.29) is 11.9 Å². The summed E-state index contributed by atoms with van der Waals surface area (Å²) in [7, 11) is -3.61. The van der Waals surface area contributed by atoms with Crippen molar-refractivity contribution in [2.75, 3.05) is 11.9 Å². The van der Waals surface area contributed by atoms with Crippen molar-refractivity contribution in [3.8, 4) is 0 Å². The van der Waals surface area contributed by atoms with Crippen LogP contribution in [0.3, 0.4) is 0 Å². The summed E-state index contributed by atoms with van der Waals surface area (Å²) < 4.78 is 29.3. The molecule has 0 unspecified atom stereocenters. The normalized spacial score (nSPS) is 25.8. The fourth-order valence-corrected chi connectivity index (χ4v) is 6.96. The SMILES string of the molecule is CC(=O)Nc1ccc(S(=O)(=O)N(C[C@@H]2[C@H](C)C=C(C)C[C@@H]2C)C2CCCCC2)cc1. The lowest BCUT2D eigenvalue weighted by Gasteiger charge is -2.40. The Morgan fingerprint density at radius 1 is 1.10 bits per heavy atom. The van der Waals surface area contributed by atoms with Crippen LogP contribution < -0.4 is 5.32 Å². The number of allylic oxidation sites excluding steroid dienone is 2. The van der Waals surface area contributed by atoms with E-state index in [1.807, 2.05) is 4.31 Å². The fourth-order valence-electron chi connectivity index (χ4n) is 5.23. The topological polar surface area (TPSA) is 66.5 Å². The number of nitrogens with one attached hydrogen (secondary N) is 1. The van der Waals surface area contributed by atoms with Crippen molar-refractivity contribution in [3.63, 3.8) is 0 Å². The Morgan fingerprint density at radius 2 is 1.73 bits per heavy atom. The van der Waals surface area contributed by atoms with E-state index in [4.69, 9.17) is 0 Å². The van der Waals surface area contributed by atoms with Crippen LogP contribution in [0.2, 0.25) is 0 Å². The number of rotatable bonds is 6. The predicted octanol–water partition coefficient (Wildman–Crippen LogP) is 5.21. The molecule has 0 aromatic heterocycles. The first kappa shape index (κ1) is 23.0. The largest absolute Gasteiger partial charge is 0.326 e. The Morgan fingerprint density at radius 3 is 2.30 bits per heavy atom. The first-order chi connectivity index (χ1) is 14.2. The molecule has 0 spiro atoms. The number of anilines is 1. The maximum Gasteiger partial charge on any atom is 0.243 e. The molecule has 2 aliphatic carbocycles. The summed E-state index contributed by atoms with van der Waals surface area (Å²) >= 11 is 0. The molecular formula is C24H36N2O3S. The number of hydrogen-bond donors (Lipinski definition) is 1. The van der Waals surface area contributed by atoms with Crippen molar-refractivity contribution in [3.05, 3.63) is 35.9 Å². The third-order valence-electron chi connectivity index (χ3n) is 6.75. The molecule has 0 bridgehead atoms. The van der Waals surface area contributed by atoms with Crippen LogP contribution in [-0.4, -0.2) is 31.2 Å². The van der Waals surface area contributed by atoms with Crippen LogP contribution >= 0.6 is 0 Å². The number of amides is 1. The summed E-state index contributed by atoms with van der Waals surface area (Å²) in [4.78, 5) is 11.6. The maximum atomic E-state index is 13.7. The molecular weight excluding hydrogens is 396 g/mol. The van der Waals surface area contributed by atoms with Crippen molar-refractivity contribution in [1.82, 2.24) is 4.31 Å².